The number of amides is 1. The van der Waals surface area contributed by atoms with E-state index in [1.165, 1.54) is 25.4 Å². The zero-order valence-corrected chi connectivity index (χ0v) is 13.6. The number of thiazole rings is 1. The standard InChI is InChI=1S/C15H16N2O5S/c1-9(18)16-15-17(4-3-14(19)20-2)10-7-11-12(8-13(10)23-15)22-6-5-21-11/h7-8H,3-6H2,1-2H3. The lowest BCUT2D eigenvalue weighted by atomic mass is 10.2. The van der Waals surface area contributed by atoms with Crippen molar-refractivity contribution in [3.05, 3.63) is 16.9 Å². The average Bonchev–Trinajstić information content (AvgIpc) is 2.85. The molecule has 0 radical (unpaired) electrons. The van der Waals surface area contributed by atoms with Gasteiger partial charge in [-0.15, -0.1) is 0 Å². The van der Waals surface area contributed by atoms with Gasteiger partial charge < -0.3 is 18.8 Å². The Labute approximate surface area is 136 Å². The molecule has 7 nitrogen and oxygen atoms in total. The first kappa shape index (κ1) is 15.5. The van der Waals surface area contributed by atoms with Gasteiger partial charge in [0.05, 0.1) is 23.7 Å². The second-order valence-electron chi connectivity index (χ2n) is 4.96. The third-order valence-electron chi connectivity index (χ3n) is 3.37. The number of aryl methyl sites for hydroxylation is 1. The van der Waals surface area contributed by atoms with Crippen molar-refractivity contribution in [2.75, 3.05) is 20.3 Å². The summed E-state index contributed by atoms with van der Waals surface area (Å²) in [5.74, 6) is 0.728. The predicted octanol–water partition coefficient (Wildman–Crippen LogP) is 1.48. The van der Waals surface area contributed by atoms with E-state index in [0.29, 0.717) is 36.1 Å². The fourth-order valence-electron chi connectivity index (χ4n) is 2.35. The number of aromatic nitrogens is 1. The van der Waals surface area contributed by atoms with Gasteiger partial charge in [0.15, 0.2) is 16.3 Å². The van der Waals surface area contributed by atoms with Crippen LogP contribution in [-0.4, -0.2) is 36.8 Å². The van der Waals surface area contributed by atoms with Gasteiger partial charge in [-0.3, -0.25) is 9.59 Å². The Balaban J connectivity index is 2.12. The molecular formula is C15H16N2O5S. The van der Waals surface area contributed by atoms with Gasteiger partial charge in [0, 0.05) is 25.6 Å². The van der Waals surface area contributed by atoms with Gasteiger partial charge in [-0.2, -0.15) is 4.99 Å². The number of esters is 1. The number of nitrogens with zero attached hydrogens (tertiary/aromatic N) is 2. The van der Waals surface area contributed by atoms with Crippen LogP contribution in [0.4, 0.5) is 0 Å². The summed E-state index contributed by atoms with van der Waals surface area (Å²) in [5, 5.41) is 0. The molecular weight excluding hydrogens is 320 g/mol. The van der Waals surface area contributed by atoms with Crippen LogP contribution < -0.4 is 14.3 Å². The quantitative estimate of drug-likeness (QED) is 0.793. The van der Waals surface area contributed by atoms with Crippen LogP contribution >= 0.6 is 11.3 Å². The molecule has 1 amide bonds. The lowest BCUT2D eigenvalue weighted by Gasteiger charge is -2.18. The van der Waals surface area contributed by atoms with Gasteiger partial charge in [0.1, 0.15) is 13.2 Å². The normalized spacial score (nSPS) is 14.1. The van der Waals surface area contributed by atoms with E-state index in [1.54, 1.807) is 0 Å². The number of methoxy groups -OCH3 is 1. The molecule has 2 heterocycles. The lowest BCUT2D eigenvalue weighted by Crippen LogP contribution is -2.19. The number of hydrogen-bond acceptors (Lipinski definition) is 6. The molecule has 0 bridgehead atoms. The van der Waals surface area contributed by atoms with Gasteiger partial charge in [0.25, 0.3) is 0 Å². The SMILES string of the molecule is COC(=O)CCn1c(=NC(C)=O)sc2cc3c(cc21)OCCO3. The molecule has 1 aliphatic rings. The van der Waals surface area contributed by atoms with Crippen LogP contribution in [0.15, 0.2) is 17.1 Å². The number of ether oxygens (including phenoxy) is 3. The number of carbonyl (C=O) groups is 2. The largest absolute Gasteiger partial charge is 0.486 e. The van der Waals surface area contributed by atoms with Crippen molar-refractivity contribution < 1.29 is 23.8 Å². The Morgan fingerprint density at radius 2 is 2.00 bits per heavy atom. The summed E-state index contributed by atoms with van der Waals surface area (Å²) < 4.78 is 18.6. The highest BCUT2D eigenvalue weighted by Crippen LogP contribution is 2.35. The summed E-state index contributed by atoms with van der Waals surface area (Å²) in [6.45, 7) is 2.77. The first-order chi connectivity index (χ1) is 11.1. The summed E-state index contributed by atoms with van der Waals surface area (Å²) in [6.07, 6.45) is 0.196. The number of rotatable bonds is 3. The molecule has 1 aromatic carbocycles. The summed E-state index contributed by atoms with van der Waals surface area (Å²) in [6, 6.07) is 3.74. The average molecular weight is 336 g/mol. The Kier molecular flexibility index (Phi) is 4.33. The monoisotopic (exact) mass is 336 g/mol. The van der Waals surface area contributed by atoms with Crippen LogP contribution in [0, 0.1) is 0 Å². The minimum atomic E-state index is -0.317. The second-order valence-corrected chi connectivity index (χ2v) is 5.97. The van der Waals surface area contributed by atoms with E-state index in [0.717, 1.165) is 10.2 Å². The summed E-state index contributed by atoms with van der Waals surface area (Å²) in [5.41, 5.74) is 0.850. The number of fused-ring (bicyclic) bond motifs is 2. The first-order valence-electron chi connectivity index (χ1n) is 7.13. The number of carbonyl (C=O) groups excluding carboxylic acids is 2. The second kappa shape index (κ2) is 6.41. The van der Waals surface area contributed by atoms with Crippen molar-refractivity contribution in [2.24, 2.45) is 4.99 Å². The highest BCUT2D eigenvalue weighted by Gasteiger charge is 2.17. The van der Waals surface area contributed by atoms with Crippen molar-refractivity contribution in [1.82, 2.24) is 4.57 Å². The molecule has 122 valence electrons. The molecule has 8 heteroatoms. The Bertz CT molecular complexity index is 836. The summed E-state index contributed by atoms with van der Waals surface area (Å²) in [7, 11) is 1.35. The molecule has 0 saturated carbocycles. The Morgan fingerprint density at radius 3 is 2.65 bits per heavy atom. The maximum absolute atomic E-state index is 11.4. The zero-order chi connectivity index (χ0) is 16.4. The number of hydrogen-bond donors (Lipinski definition) is 0. The van der Waals surface area contributed by atoms with Crippen LogP contribution in [0.2, 0.25) is 0 Å². The van der Waals surface area contributed by atoms with E-state index in [2.05, 4.69) is 9.73 Å². The Morgan fingerprint density at radius 1 is 1.30 bits per heavy atom. The molecule has 1 aliphatic heterocycles. The maximum Gasteiger partial charge on any atom is 0.307 e. The maximum atomic E-state index is 11.4. The van der Waals surface area contributed by atoms with Crippen molar-refractivity contribution in [3.8, 4) is 11.5 Å². The highest BCUT2D eigenvalue weighted by atomic mass is 32.1. The number of benzene rings is 1. The van der Waals surface area contributed by atoms with Crippen LogP contribution in [-0.2, 0) is 20.9 Å². The molecule has 0 saturated heterocycles. The predicted molar refractivity (Wildman–Crippen MR) is 83.7 cm³/mol. The summed E-state index contributed by atoms with van der Waals surface area (Å²) in [4.78, 5) is 27.4. The van der Waals surface area contributed by atoms with Crippen LogP contribution in [0.1, 0.15) is 13.3 Å². The third kappa shape index (κ3) is 3.21. The molecule has 0 atom stereocenters. The first-order valence-corrected chi connectivity index (χ1v) is 7.95. The minimum absolute atomic E-state index is 0.196. The molecule has 1 aromatic heterocycles. The van der Waals surface area contributed by atoms with Crippen LogP contribution in [0.25, 0.3) is 10.2 Å². The molecule has 0 aliphatic carbocycles. The topological polar surface area (TPSA) is 79.1 Å². The van der Waals surface area contributed by atoms with E-state index >= 15 is 0 Å². The van der Waals surface area contributed by atoms with E-state index in [-0.39, 0.29) is 18.3 Å². The molecule has 2 aromatic rings. The highest BCUT2D eigenvalue weighted by molar-refractivity contribution is 7.16. The molecule has 0 spiro atoms. The zero-order valence-electron chi connectivity index (χ0n) is 12.8. The molecule has 23 heavy (non-hydrogen) atoms. The third-order valence-corrected chi connectivity index (χ3v) is 4.41. The fraction of sp³-hybridized carbons (Fsp3) is 0.400. The van der Waals surface area contributed by atoms with E-state index in [4.69, 9.17) is 9.47 Å². The van der Waals surface area contributed by atoms with Gasteiger partial charge in [-0.1, -0.05) is 11.3 Å². The smallest absolute Gasteiger partial charge is 0.307 e. The van der Waals surface area contributed by atoms with Crippen molar-refractivity contribution in [2.45, 2.75) is 19.9 Å². The molecule has 0 N–H and O–H groups in total. The van der Waals surface area contributed by atoms with Gasteiger partial charge in [-0.05, 0) is 0 Å². The van der Waals surface area contributed by atoms with Gasteiger partial charge in [-0.25, -0.2) is 0 Å². The van der Waals surface area contributed by atoms with Crippen molar-refractivity contribution in [3.63, 3.8) is 0 Å². The van der Waals surface area contributed by atoms with Gasteiger partial charge in [0.2, 0.25) is 5.91 Å². The van der Waals surface area contributed by atoms with Gasteiger partial charge >= 0.3 is 5.97 Å². The summed E-state index contributed by atoms with van der Waals surface area (Å²) >= 11 is 1.37. The lowest BCUT2D eigenvalue weighted by molar-refractivity contribution is -0.140. The minimum Gasteiger partial charge on any atom is -0.486 e. The Hall–Kier alpha value is -2.35. The van der Waals surface area contributed by atoms with Crippen LogP contribution in [0.3, 0.4) is 0 Å². The molecule has 3 rings (SSSR count). The van der Waals surface area contributed by atoms with Crippen molar-refractivity contribution >= 4 is 33.4 Å². The fourth-order valence-corrected chi connectivity index (χ4v) is 3.46. The molecule has 0 unspecified atom stereocenters. The van der Waals surface area contributed by atoms with E-state index in [9.17, 15) is 9.59 Å². The van der Waals surface area contributed by atoms with Crippen molar-refractivity contribution in [1.29, 1.82) is 0 Å². The van der Waals surface area contributed by atoms with Crippen LogP contribution in [0.5, 0.6) is 11.5 Å². The molecule has 0 fully saturated rings. The van der Waals surface area contributed by atoms with E-state index in [1.807, 2.05) is 16.7 Å². The van der Waals surface area contributed by atoms with E-state index < -0.39 is 0 Å².